The molecule has 1 aromatic heterocycles. The Hall–Kier alpha value is -1.87. The Labute approximate surface area is 120 Å². The molecule has 0 spiro atoms. The molecule has 0 atom stereocenters. The third-order valence-electron chi connectivity index (χ3n) is 3.64. The van der Waals surface area contributed by atoms with Crippen molar-refractivity contribution in [3.05, 3.63) is 54.2 Å². The van der Waals surface area contributed by atoms with Gasteiger partial charge in [-0.1, -0.05) is 24.3 Å². The summed E-state index contributed by atoms with van der Waals surface area (Å²) in [5.41, 5.74) is 2.44. The molecule has 0 bridgehead atoms. The zero-order valence-corrected chi connectivity index (χ0v) is 11.9. The Bertz CT molecular complexity index is 532. The topological polar surface area (TPSA) is 28.2 Å². The van der Waals surface area contributed by atoms with Gasteiger partial charge in [0.25, 0.3) is 0 Å². The summed E-state index contributed by atoms with van der Waals surface area (Å²) in [7, 11) is 0. The summed E-state index contributed by atoms with van der Waals surface area (Å²) in [5.74, 6) is 1.01. The van der Waals surface area contributed by atoms with Crippen LogP contribution in [0.1, 0.15) is 25.3 Å². The first-order valence-electron chi connectivity index (χ1n) is 7.37. The van der Waals surface area contributed by atoms with E-state index in [1.54, 1.807) is 0 Å². The second-order valence-corrected chi connectivity index (χ2v) is 5.26. The van der Waals surface area contributed by atoms with Crippen molar-refractivity contribution >= 4 is 11.5 Å². The summed E-state index contributed by atoms with van der Waals surface area (Å²) in [6.45, 7) is 3.99. The second kappa shape index (κ2) is 6.06. The largest absolute Gasteiger partial charge is 0.327 e. The van der Waals surface area contributed by atoms with Gasteiger partial charge in [-0.15, -0.1) is 0 Å². The highest BCUT2D eigenvalue weighted by Gasteiger charge is 2.19. The van der Waals surface area contributed by atoms with Gasteiger partial charge in [-0.3, -0.25) is 0 Å². The summed E-state index contributed by atoms with van der Waals surface area (Å²) in [5, 5.41) is 3.51. The molecule has 0 radical (unpaired) electrons. The second-order valence-electron chi connectivity index (χ2n) is 5.26. The molecule has 1 aliphatic rings. The maximum absolute atomic E-state index is 4.61. The molecule has 1 aromatic carbocycles. The predicted octanol–water partition coefficient (Wildman–Crippen LogP) is 3.49. The molecule has 2 aromatic rings. The first kappa shape index (κ1) is 13.1. The highest BCUT2D eigenvalue weighted by molar-refractivity contribution is 5.59. The number of rotatable bonds is 6. The summed E-state index contributed by atoms with van der Waals surface area (Å²) < 4.78 is 0. The normalized spacial score (nSPS) is 14.2. The lowest BCUT2D eigenvalue weighted by molar-refractivity contribution is 0.686. The van der Waals surface area contributed by atoms with E-state index in [1.165, 1.54) is 24.1 Å². The van der Waals surface area contributed by atoms with E-state index in [0.717, 1.165) is 24.9 Å². The molecule has 1 aliphatic carbocycles. The van der Waals surface area contributed by atoms with Crippen LogP contribution in [0.4, 0.5) is 11.5 Å². The van der Waals surface area contributed by atoms with E-state index in [9.17, 15) is 0 Å². The van der Waals surface area contributed by atoms with Gasteiger partial charge in [0.15, 0.2) is 0 Å². The molecule has 1 saturated carbocycles. The monoisotopic (exact) mass is 267 g/mol. The van der Waals surface area contributed by atoms with Crippen LogP contribution in [0.5, 0.6) is 0 Å². The van der Waals surface area contributed by atoms with Gasteiger partial charge in [0, 0.05) is 31.0 Å². The molecule has 0 aliphatic heterocycles. The Morgan fingerprint density at radius 3 is 2.55 bits per heavy atom. The number of nitrogens with zero attached hydrogens (tertiary/aromatic N) is 2. The fourth-order valence-electron chi connectivity index (χ4n) is 2.32. The van der Waals surface area contributed by atoms with Crippen molar-refractivity contribution in [3.63, 3.8) is 0 Å². The highest BCUT2D eigenvalue weighted by Crippen LogP contribution is 2.23. The molecule has 104 valence electrons. The summed E-state index contributed by atoms with van der Waals surface area (Å²) >= 11 is 0. The van der Waals surface area contributed by atoms with Crippen LogP contribution in [-0.2, 0) is 6.54 Å². The molecule has 20 heavy (non-hydrogen) atoms. The van der Waals surface area contributed by atoms with Gasteiger partial charge in [-0.2, -0.15) is 0 Å². The van der Waals surface area contributed by atoms with Gasteiger partial charge in [-0.05, 0) is 43.5 Å². The molecular weight excluding hydrogens is 246 g/mol. The van der Waals surface area contributed by atoms with E-state index in [4.69, 9.17) is 0 Å². The van der Waals surface area contributed by atoms with Crippen molar-refractivity contribution < 1.29 is 0 Å². The van der Waals surface area contributed by atoms with Gasteiger partial charge in [-0.25, -0.2) is 4.98 Å². The quantitative estimate of drug-likeness (QED) is 0.868. The van der Waals surface area contributed by atoms with E-state index in [1.807, 2.05) is 12.3 Å². The minimum absolute atomic E-state index is 0.742. The average Bonchev–Trinajstić information content (AvgIpc) is 3.33. The van der Waals surface area contributed by atoms with Crippen LogP contribution in [0, 0.1) is 0 Å². The number of aromatic nitrogens is 1. The van der Waals surface area contributed by atoms with E-state index in [2.05, 4.69) is 58.5 Å². The minimum Gasteiger partial charge on any atom is -0.327 e. The zero-order valence-electron chi connectivity index (χ0n) is 11.9. The van der Waals surface area contributed by atoms with Crippen molar-refractivity contribution in [1.29, 1.82) is 0 Å². The van der Waals surface area contributed by atoms with Crippen LogP contribution in [0.3, 0.4) is 0 Å². The van der Waals surface area contributed by atoms with E-state index in [0.29, 0.717) is 0 Å². The van der Waals surface area contributed by atoms with Crippen molar-refractivity contribution in [1.82, 2.24) is 10.3 Å². The fourth-order valence-corrected chi connectivity index (χ4v) is 2.32. The Balaban J connectivity index is 1.71. The Morgan fingerprint density at radius 2 is 1.95 bits per heavy atom. The van der Waals surface area contributed by atoms with E-state index < -0.39 is 0 Å². The summed E-state index contributed by atoms with van der Waals surface area (Å²) in [6.07, 6.45) is 4.63. The van der Waals surface area contributed by atoms with Crippen molar-refractivity contribution in [2.45, 2.75) is 32.4 Å². The number of benzene rings is 1. The third kappa shape index (κ3) is 3.17. The van der Waals surface area contributed by atoms with Gasteiger partial charge < -0.3 is 10.2 Å². The molecule has 1 heterocycles. The van der Waals surface area contributed by atoms with E-state index in [-0.39, 0.29) is 0 Å². The fraction of sp³-hybridized carbons (Fsp3) is 0.353. The van der Waals surface area contributed by atoms with Crippen LogP contribution in [0.15, 0.2) is 48.7 Å². The Kier molecular flexibility index (Phi) is 3.97. The van der Waals surface area contributed by atoms with Crippen LogP contribution >= 0.6 is 0 Å². The zero-order chi connectivity index (χ0) is 13.8. The number of hydrogen-bond acceptors (Lipinski definition) is 3. The smallest absolute Gasteiger partial charge is 0.132 e. The third-order valence-corrected chi connectivity index (χ3v) is 3.64. The van der Waals surface area contributed by atoms with Crippen LogP contribution < -0.4 is 10.2 Å². The lowest BCUT2D eigenvalue weighted by Crippen LogP contribution is -2.18. The Morgan fingerprint density at radius 1 is 1.15 bits per heavy atom. The molecule has 0 amide bonds. The molecule has 3 heteroatoms. The molecule has 1 N–H and O–H groups in total. The van der Waals surface area contributed by atoms with Crippen molar-refractivity contribution in [2.24, 2.45) is 0 Å². The van der Waals surface area contributed by atoms with Crippen LogP contribution in [0.25, 0.3) is 0 Å². The highest BCUT2D eigenvalue weighted by atomic mass is 15.2. The van der Waals surface area contributed by atoms with Crippen LogP contribution in [0.2, 0.25) is 0 Å². The number of anilines is 2. The van der Waals surface area contributed by atoms with Crippen molar-refractivity contribution in [2.75, 3.05) is 11.4 Å². The molecular formula is C17H21N3. The van der Waals surface area contributed by atoms with Gasteiger partial charge in [0.05, 0.1) is 0 Å². The minimum atomic E-state index is 0.742. The lowest BCUT2D eigenvalue weighted by Gasteiger charge is -2.22. The number of pyridine rings is 1. The molecule has 0 unspecified atom stereocenters. The summed E-state index contributed by atoms with van der Waals surface area (Å²) in [4.78, 5) is 6.83. The standard InChI is InChI=1S/C17H21N3/c1-2-20(16-6-4-3-5-7-16)17-11-8-14(13-19-17)12-18-15-9-10-15/h3-8,11,13,15,18H,2,9-10,12H2,1H3. The first-order chi connectivity index (χ1) is 9.86. The maximum Gasteiger partial charge on any atom is 0.132 e. The van der Waals surface area contributed by atoms with Gasteiger partial charge in [0.1, 0.15) is 5.82 Å². The average molecular weight is 267 g/mol. The van der Waals surface area contributed by atoms with Gasteiger partial charge in [0.2, 0.25) is 0 Å². The molecule has 1 fully saturated rings. The maximum atomic E-state index is 4.61. The molecule has 0 saturated heterocycles. The number of para-hydroxylation sites is 1. The SMILES string of the molecule is CCN(c1ccccc1)c1ccc(CNC2CC2)cn1. The summed E-state index contributed by atoms with van der Waals surface area (Å²) in [6, 6.07) is 15.4. The number of hydrogen-bond donors (Lipinski definition) is 1. The lowest BCUT2D eigenvalue weighted by atomic mass is 10.2. The van der Waals surface area contributed by atoms with E-state index >= 15 is 0 Å². The number of nitrogens with one attached hydrogen (secondary N) is 1. The molecule has 3 rings (SSSR count). The predicted molar refractivity (Wildman–Crippen MR) is 83.2 cm³/mol. The van der Waals surface area contributed by atoms with Crippen LogP contribution in [-0.4, -0.2) is 17.6 Å². The first-order valence-corrected chi connectivity index (χ1v) is 7.37. The van der Waals surface area contributed by atoms with Gasteiger partial charge >= 0.3 is 0 Å². The van der Waals surface area contributed by atoms with Crippen molar-refractivity contribution in [3.8, 4) is 0 Å². The molecule has 3 nitrogen and oxygen atoms in total.